The van der Waals surface area contributed by atoms with Crippen LogP contribution in [0.15, 0.2) is 26.0 Å². The van der Waals surface area contributed by atoms with Gasteiger partial charge in [-0.25, -0.2) is 8.42 Å². The lowest BCUT2D eigenvalue weighted by Gasteiger charge is -2.18. The molecule has 4 nitrogen and oxygen atoms in total. The number of aryl methyl sites for hydroxylation is 1. The molecule has 2 rings (SSSR count). The highest BCUT2D eigenvalue weighted by molar-refractivity contribution is 9.11. The average molecular weight is 398 g/mol. The van der Waals surface area contributed by atoms with E-state index in [1.165, 1.54) is 4.31 Å². The van der Waals surface area contributed by atoms with Crippen molar-refractivity contribution in [3.63, 3.8) is 0 Å². The van der Waals surface area contributed by atoms with Crippen molar-refractivity contribution in [2.24, 2.45) is 5.73 Å². The molecule has 0 aliphatic carbocycles. The fourth-order valence-electron chi connectivity index (χ4n) is 2.03. The van der Waals surface area contributed by atoms with Crippen LogP contribution in [0.3, 0.4) is 0 Å². The number of nitrogens with two attached hydrogens (primary N) is 1. The van der Waals surface area contributed by atoms with Gasteiger partial charge in [0.05, 0.1) is 0 Å². The molecule has 1 aliphatic rings. The van der Waals surface area contributed by atoms with Crippen molar-refractivity contribution >= 4 is 41.9 Å². The Morgan fingerprint density at radius 1 is 1.33 bits per heavy atom. The molecule has 1 atom stereocenters. The van der Waals surface area contributed by atoms with E-state index in [0.717, 1.165) is 5.56 Å². The summed E-state index contributed by atoms with van der Waals surface area (Å²) in [5.41, 5.74) is 6.76. The Labute approximate surface area is 124 Å². The predicted octanol–water partition coefficient (Wildman–Crippen LogP) is 2.24. The van der Waals surface area contributed by atoms with Crippen LogP contribution in [0.1, 0.15) is 12.0 Å². The predicted molar refractivity (Wildman–Crippen MR) is 77.9 cm³/mol. The van der Waals surface area contributed by atoms with Crippen LogP contribution in [0.2, 0.25) is 0 Å². The van der Waals surface area contributed by atoms with Gasteiger partial charge in [0, 0.05) is 28.1 Å². The quantitative estimate of drug-likeness (QED) is 0.832. The van der Waals surface area contributed by atoms with Crippen LogP contribution in [-0.4, -0.2) is 31.9 Å². The highest BCUT2D eigenvalue weighted by Crippen LogP contribution is 2.34. The van der Waals surface area contributed by atoms with Crippen molar-refractivity contribution in [1.29, 1.82) is 0 Å². The van der Waals surface area contributed by atoms with Gasteiger partial charge in [0.25, 0.3) is 0 Å². The summed E-state index contributed by atoms with van der Waals surface area (Å²) in [5.74, 6) is 0. The standard InChI is InChI=1S/C11H14Br2N2O2S/c1-7-4-9(12)11(10(13)5-7)18(16,17)15-3-2-8(14)6-15/h4-5,8H,2-3,6,14H2,1H3/t8-/m1/s1. The number of benzene rings is 1. The van der Waals surface area contributed by atoms with Crippen LogP contribution in [0.5, 0.6) is 0 Å². The van der Waals surface area contributed by atoms with Gasteiger partial charge in [-0.2, -0.15) is 4.31 Å². The summed E-state index contributed by atoms with van der Waals surface area (Å²) in [6.45, 7) is 2.78. The molecule has 1 aromatic rings. The van der Waals surface area contributed by atoms with E-state index in [9.17, 15) is 8.42 Å². The summed E-state index contributed by atoms with van der Waals surface area (Å²) >= 11 is 6.66. The molecular weight excluding hydrogens is 384 g/mol. The van der Waals surface area contributed by atoms with E-state index in [-0.39, 0.29) is 10.9 Å². The highest BCUT2D eigenvalue weighted by Gasteiger charge is 2.33. The third-order valence-electron chi connectivity index (χ3n) is 2.93. The Balaban J connectivity index is 2.48. The van der Waals surface area contributed by atoms with E-state index in [1.807, 2.05) is 6.92 Å². The zero-order valence-electron chi connectivity index (χ0n) is 9.86. The molecule has 0 aromatic heterocycles. The molecule has 0 unspecified atom stereocenters. The monoisotopic (exact) mass is 396 g/mol. The molecule has 1 fully saturated rings. The number of sulfonamides is 1. The van der Waals surface area contributed by atoms with Gasteiger partial charge in [0.2, 0.25) is 10.0 Å². The first kappa shape index (κ1) is 14.5. The lowest BCUT2D eigenvalue weighted by molar-refractivity contribution is 0.471. The summed E-state index contributed by atoms with van der Waals surface area (Å²) in [5, 5.41) is 0. The summed E-state index contributed by atoms with van der Waals surface area (Å²) in [6.07, 6.45) is 0.709. The van der Waals surface area contributed by atoms with Crippen molar-refractivity contribution in [2.45, 2.75) is 24.3 Å². The van der Waals surface area contributed by atoms with Gasteiger partial charge in [0.15, 0.2) is 0 Å². The molecule has 2 N–H and O–H groups in total. The van der Waals surface area contributed by atoms with Crippen molar-refractivity contribution < 1.29 is 8.42 Å². The smallest absolute Gasteiger partial charge is 0.245 e. The Bertz CT molecular complexity index is 551. The molecule has 100 valence electrons. The number of hydrogen-bond acceptors (Lipinski definition) is 3. The topological polar surface area (TPSA) is 63.4 Å². The van der Waals surface area contributed by atoms with E-state index in [1.54, 1.807) is 12.1 Å². The molecule has 0 bridgehead atoms. The van der Waals surface area contributed by atoms with Gasteiger partial charge < -0.3 is 5.73 Å². The van der Waals surface area contributed by atoms with Crippen LogP contribution < -0.4 is 5.73 Å². The Kier molecular flexibility index (Phi) is 4.18. The SMILES string of the molecule is Cc1cc(Br)c(S(=O)(=O)N2CC[C@@H](N)C2)c(Br)c1. The van der Waals surface area contributed by atoms with E-state index < -0.39 is 10.0 Å². The maximum absolute atomic E-state index is 12.5. The summed E-state index contributed by atoms with van der Waals surface area (Å²) < 4.78 is 27.7. The first-order chi connectivity index (χ1) is 8.32. The van der Waals surface area contributed by atoms with E-state index in [2.05, 4.69) is 31.9 Å². The van der Waals surface area contributed by atoms with Gasteiger partial charge in [-0.3, -0.25) is 0 Å². The first-order valence-electron chi connectivity index (χ1n) is 5.53. The normalized spacial score (nSPS) is 21.4. The second kappa shape index (κ2) is 5.20. The zero-order valence-corrected chi connectivity index (χ0v) is 13.8. The summed E-state index contributed by atoms with van der Waals surface area (Å²) in [4.78, 5) is 0.280. The van der Waals surface area contributed by atoms with E-state index in [4.69, 9.17) is 5.73 Å². The molecule has 0 amide bonds. The Morgan fingerprint density at radius 3 is 2.33 bits per heavy atom. The number of nitrogens with zero attached hydrogens (tertiary/aromatic N) is 1. The minimum atomic E-state index is -3.49. The average Bonchev–Trinajstić information content (AvgIpc) is 2.63. The van der Waals surface area contributed by atoms with Crippen LogP contribution in [0.4, 0.5) is 0 Å². The Morgan fingerprint density at radius 2 is 1.89 bits per heavy atom. The number of rotatable bonds is 2. The summed E-state index contributed by atoms with van der Waals surface area (Å²) in [7, 11) is -3.49. The molecule has 1 heterocycles. The zero-order chi connectivity index (χ0) is 13.5. The first-order valence-corrected chi connectivity index (χ1v) is 8.56. The van der Waals surface area contributed by atoms with Crippen LogP contribution in [-0.2, 0) is 10.0 Å². The second-order valence-corrected chi connectivity index (χ2v) is 8.05. The van der Waals surface area contributed by atoms with Crippen LogP contribution in [0, 0.1) is 6.92 Å². The van der Waals surface area contributed by atoms with Gasteiger partial charge in [0.1, 0.15) is 4.90 Å². The van der Waals surface area contributed by atoms with Gasteiger partial charge in [-0.05, 0) is 62.9 Å². The maximum atomic E-state index is 12.5. The highest BCUT2D eigenvalue weighted by atomic mass is 79.9. The molecular formula is C11H14Br2N2O2S. The van der Waals surface area contributed by atoms with Crippen LogP contribution >= 0.6 is 31.9 Å². The fourth-order valence-corrected chi connectivity index (χ4v) is 6.28. The minimum absolute atomic E-state index is 0.0669. The van der Waals surface area contributed by atoms with Crippen molar-refractivity contribution in [1.82, 2.24) is 4.31 Å². The third-order valence-corrected chi connectivity index (χ3v) is 6.67. The van der Waals surface area contributed by atoms with Gasteiger partial charge in [-0.15, -0.1) is 0 Å². The molecule has 1 aliphatic heterocycles. The number of halogens is 2. The lowest BCUT2D eigenvalue weighted by Crippen LogP contribution is -2.32. The largest absolute Gasteiger partial charge is 0.326 e. The molecule has 0 spiro atoms. The van der Waals surface area contributed by atoms with Crippen LogP contribution in [0.25, 0.3) is 0 Å². The fraction of sp³-hybridized carbons (Fsp3) is 0.455. The van der Waals surface area contributed by atoms with E-state index in [0.29, 0.717) is 28.5 Å². The van der Waals surface area contributed by atoms with Gasteiger partial charge in [-0.1, -0.05) is 0 Å². The molecule has 7 heteroatoms. The van der Waals surface area contributed by atoms with Crippen molar-refractivity contribution in [3.8, 4) is 0 Å². The molecule has 0 radical (unpaired) electrons. The number of hydrogen-bond donors (Lipinski definition) is 1. The molecule has 0 saturated carbocycles. The van der Waals surface area contributed by atoms with E-state index >= 15 is 0 Å². The lowest BCUT2D eigenvalue weighted by atomic mass is 10.2. The maximum Gasteiger partial charge on any atom is 0.245 e. The van der Waals surface area contributed by atoms with Gasteiger partial charge >= 0.3 is 0 Å². The van der Waals surface area contributed by atoms with Crippen molar-refractivity contribution in [3.05, 3.63) is 26.6 Å². The minimum Gasteiger partial charge on any atom is -0.326 e. The second-order valence-electron chi connectivity index (χ2n) is 4.47. The van der Waals surface area contributed by atoms with Crippen molar-refractivity contribution in [2.75, 3.05) is 13.1 Å². The Hall–Kier alpha value is 0.0500. The summed E-state index contributed by atoms with van der Waals surface area (Å²) in [6, 6.07) is 3.53. The molecule has 1 aromatic carbocycles. The third kappa shape index (κ3) is 2.65. The molecule has 18 heavy (non-hydrogen) atoms. The molecule has 1 saturated heterocycles.